The quantitative estimate of drug-likeness (QED) is 0.882. The SMILES string of the molecule is COC(=O)C[C@@H]1C(=O)Nc2ccccc2N1Cc1ccccc1. The molecule has 0 unspecified atom stereocenters. The molecule has 1 aliphatic rings. The molecule has 0 saturated heterocycles. The average Bonchev–Trinajstić information content (AvgIpc) is 2.58. The molecule has 1 amide bonds. The van der Waals surface area contributed by atoms with Gasteiger partial charge in [-0.1, -0.05) is 42.5 Å². The van der Waals surface area contributed by atoms with Gasteiger partial charge in [-0.2, -0.15) is 0 Å². The number of carbonyl (C=O) groups is 2. The molecule has 2 aromatic rings. The molecule has 1 N–H and O–H groups in total. The van der Waals surface area contributed by atoms with E-state index in [1.807, 2.05) is 59.5 Å². The molecule has 0 spiro atoms. The van der Waals surface area contributed by atoms with Crippen LogP contribution < -0.4 is 10.2 Å². The van der Waals surface area contributed by atoms with Crippen LogP contribution in [0.2, 0.25) is 0 Å². The number of para-hydroxylation sites is 2. The summed E-state index contributed by atoms with van der Waals surface area (Å²) < 4.78 is 4.74. The Labute approximate surface area is 134 Å². The van der Waals surface area contributed by atoms with Gasteiger partial charge in [0, 0.05) is 6.54 Å². The lowest BCUT2D eigenvalue weighted by Gasteiger charge is -2.37. The fraction of sp³-hybridized carbons (Fsp3) is 0.222. The van der Waals surface area contributed by atoms with Crippen LogP contribution in [-0.2, 0) is 20.9 Å². The van der Waals surface area contributed by atoms with E-state index in [0.717, 1.165) is 16.9 Å². The third-order valence-corrected chi connectivity index (χ3v) is 3.93. The lowest BCUT2D eigenvalue weighted by Crippen LogP contribution is -2.48. The van der Waals surface area contributed by atoms with Crippen molar-refractivity contribution in [2.75, 3.05) is 17.3 Å². The minimum absolute atomic E-state index is 0.0174. The van der Waals surface area contributed by atoms with E-state index in [2.05, 4.69) is 5.32 Å². The largest absolute Gasteiger partial charge is 0.469 e. The van der Waals surface area contributed by atoms with Gasteiger partial charge < -0.3 is 15.0 Å². The number of amides is 1. The Morgan fingerprint density at radius 2 is 1.83 bits per heavy atom. The number of hydrogen-bond donors (Lipinski definition) is 1. The molecule has 5 nitrogen and oxygen atoms in total. The van der Waals surface area contributed by atoms with Crippen molar-refractivity contribution < 1.29 is 14.3 Å². The normalized spacial score (nSPS) is 16.5. The number of benzene rings is 2. The minimum atomic E-state index is -0.586. The number of nitrogens with zero attached hydrogens (tertiary/aromatic N) is 1. The van der Waals surface area contributed by atoms with E-state index >= 15 is 0 Å². The van der Waals surface area contributed by atoms with Crippen molar-refractivity contribution in [3.05, 3.63) is 60.2 Å². The number of fused-ring (bicyclic) bond motifs is 1. The maximum Gasteiger partial charge on any atom is 0.308 e. The summed E-state index contributed by atoms with van der Waals surface area (Å²) in [6, 6.07) is 16.9. The van der Waals surface area contributed by atoms with Crippen molar-refractivity contribution in [2.45, 2.75) is 19.0 Å². The summed E-state index contributed by atoms with van der Waals surface area (Å²) in [6.45, 7) is 0.549. The second-order valence-electron chi connectivity index (χ2n) is 5.42. The summed E-state index contributed by atoms with van der Waals surface area (Å²) in [5.41, 5.74) is 2.74. The molecule has 5 heteroatoms. The van der Waals surface area contributed by atoms with Gasteiger partial charge >= 0.3 is 5.97 Å². The number of methoxy groups -OCH3 is 1. The molecule has 1 heterocycles. The van der Waals surface area contributed by atoms with E-state index in [1.54, 1.807) is 0 Å². The molecule has 23 heavy (non-hydrogen) atoms. The Hall–Kier alpha value is -2.82. The van der Waals surface area contributed by atoms with Gasteiger partial charge in [-0.15, -0.1) is 0 Å². The fourth-order valence-electron chi connectivity index (χ4n) is 2.77. The maximum atomic E-state index is 12.4. The van der Waals surface area contributed by atoms with Gasteiger partial charge in [0.05, 0.1) is 24.9 Å². The van der Waals surface area contributed by atoms with E-state index in [0.29, 0.717) is 6.54 Å². The van der Waals surface area contributed by atoms with Gasteiger partial charge in [0.2, 0.25) is 5.91 Å². The molecular formula is C18H18N2O3. The van der Waals surface area contributed by atoms with Gasteiger partial charge in [-0.05, 0) is 17.7 Å². The van der Waals surface area contributed by atoms with Gasteiger partial charge in [-0.25, -0.2) is 0 Å². The van der Waals surface area contributed by atoms with Crippen LogP contribution in [0, 0.1) is 0 Å². The standard InChI is InChI=1S/C18H18N2O3/c1-23-17(21)11-16-18(22)19-14-9-5-6-10-15(14)20(16)12-13-7-3-2-4-8-13/h2-10,16H,11-12H2,1H3,(H,19,22)/t16-/m1/s1. The molecular weight excluding hydrogens is 292 g/mol. The molecule has 0 aromatic heterocycles. The van der Waals surface area contributed by atoms with Crippen molar-refractivity contribution in [1.82, 2.24) is 0 Å². The van der Waals surface area contributed by atoms with E-state index in [1.165, 1.54) is 7.11 Å². The molecule has 0 aliphatic carbocycles. The Balaban J connectivity index is 1.97. The van der Waals surface area contributed by atoms with Crippen LogP contribution in [0.1, 0.15) is 12.0 Å². The molecule has 1 aliphatic heterocycles. The molecule has 2 aromatic carbocycles. The highest BCUT2D eigenvalue weighted by Gasteiger charge is 2.34. The highest BCUT2D eigenvalue weighted by atomic mass is 16.5. The van der Waals surface area contributed by atoms with Crippen LogP contribution in [-0.4, -0.2) is 25.0 Å². The van der Waals surface area contributed by atoms with Gasteiger partial charge in [0.1, 0.15) is 6.04 Å². The number of nitrogens with one attached hydrogen (secondary N) is 1. The Morgan fingerprint density at radius 1 is 1.13 bits per heavy atom. The lowest BCUT2D eigenvalue weighted by atomic mass is 10.0. The lowest BCUT2D eigenvalue weighted by molar-refractivity contribution is -0.142. The molecule has 0 fully saturated rings. The summed E-state index contributed by atoms with van der Waals surface area (Å²) in [4.78, 5) is 26.1. The van der Waals surface area contributed by atoms with Crippen molar-refractivity contribution >= 4 is 23.3 Å². The molecule has 0 bridgehead atoms. The van der Waals surface area contributed by atoms with Crippen molar-refractivity contribution in [1.29, 1.82) is 0 Å². The van der Waals surface area contributed by atoms with Crippen LogP contribution in [0.3, 0.4) is 0 Å². The third kappa shape index (κ3) is 3.18. The van der Waals surface area contributed by atoms with Crippen molar-refractivity contribution in [3.63, 3.8) is 0 Å². The smallest absolute Gasteiger partial charge is 0.308 e. The van der Waals surface area contributed by atoms with Crippen LogP contribution in [0.25, 0.3) is 0 Å². The maximum absolute atomic E-state index is 12.4. The van der Waals surface area contributed by atoms with Gasteiger partial charge in [-0.3, -0.25) is 9.59 Å². The second kappa shape index (κ2) is 6.52. The summed E-state index contributed by atoms with van der Waals surface area (Å²) in [5, 5.41) is 2.87. The first-order valence-electron chi connectivity index (χ1n) is 7.46. The van der Waals surface area contributed by atoms with Crippen molar-refractivity contribution in [3.8, 4) is 0 Å². The summed E-state index contributed by atoms with van der Waals surface area (Å²) in [7, 11) is 1.33. The van der Waals surface area contributed by atoms with E-state index in [-0.39, 0.29) is 12.3 Å². The summed E-state index contributed by atoms with van der Waals surface area (Å²) >= 11 is 0. The topological polar surface area (TPSA) is 58.6 Å². The number of carbonyl (C=O) groups excluding carboxylic acids is 2. The highest BCUT2D eigenvalue weighted by molar-refractivity contribution is 6.05. The van der Waals surface area contributed by atoms with Gasteiger partial charge in [0.25, 0.3) is 0 Å². The van der Waals surface area contributed by atoms with Crippen LogP contribution in [0.5, 0.6) is 0 Å². The van der Waals surface area contributed by atoms with Crippen LogP contribution in [0.15, 0.2) is 54.6 Å². The molecule has 0 saturated carbocycles. The fourth-order valence-corrected chi connectivity index (χ4v) is 2.77. The molecule has 0 radical (unpaired) electrons. The zero-order valence-corrected chi connectivity index (χ0v) is 12.9. The van der Waals surface area contributed by atoms with Gasteiger partial charge in [0.15, 0.2) is 0 Å². The monoisotopic (exact) mass is 310 g/mol. The number of ether oxygens (including phenoxy) is 1. The predicted octanol–water partition coefficient (Wildman–Crippen LogP) is 2.58. The Kier molecular flexibility index (Phi) is 4.28. The van der Waals surface area contributed by atoms with E-state index in [9.17, 15) is 9.59 Å². The molecule has 118 valence electrons. The Bertz CT molecular complexity index is 715. The van der Waals surface area contributed by atoms with Crippen LogP contribution >= 0.6 is 0 Å². The number of esters is 1. The number of rotatable bonds is 4. The number of hydrogen-bond acceptors (Lipinski definition) is 4. The van der Waals surface area contributed by atoms with E-state index < -0.39 is 12.0 Å². The van der Waals surface area contributed by atoms with Crippen molar-refractivity contribution in [2.24, 2.45) is 0 Å². The predicted molar refractivity (Wildman–Crippen MR) is 88.1 cm³/mol. The second-order valence-corrected chi connectivity index (χ2v) is 5.42. The zero-order chi connectivity index (χ0) is 16.2. The third-order valence-electron chi connectivity index (χ3n) is 3.93. The minimum Gasteiger partial charge on any atom is -0.469 e. The van der Waals surface area contributed by atoms with E-state index in [4.69, 9.17) is 4.74 Å². The number of anilines is 2. The summed E-state index contributed by atoms with van der Waals surface area (Å²) in [5.74, 6) is -0.590. The summed E-state index contributed by atoms with van der Waals surface area (Å²) in [6.07, 6.45) is 0.0174. The first kappa shape index (κ1) is 15.1. The zero-order valence-electron chi connectivity index (χ0n) is 12.9. The highest BCUT2D eigenvalue weighted by Crippen LogP contribution is 2.34. The first-order chi connectivity index (χ1) is 11.2. The molecule has 3 rings (SSSR count). The molecule has 1 atom stereocenters. The Morgan fingerprint density at radius 3 is 2.57 bits per heavy atom. The average molecular weight is 310 g/mol. The van der Waals surface area contributed by atoms with Crippen LogP contribution in [0.4, 0.5) is 11.4 Å². The first-order valence-corrected chi connectivity index (χ1v) is 7.46.